The lowest BCUT2D eigenvalue weighted by Crippen LogP contribution is -2.40. The van der Waals surface area contributed by atoms with Gasteiger partial charge in [-0.05, 0) is 42.8 Å². The molecule has 0 spiro atoms. The Labute approximate surface area is 166 Å². The van der Waals surface area contributed by atoms with Gasteiger partial charge < -0.3 is 9.30 Å². The number of halogens is 4. The Kier molecular flexibility index (Phi) is 6.54. The summed E-state index contributed by atoms with van der Waals surface area (Å²) in [6, 6.07) is 10.8. The van der Waals surface area contributed by atoms with E-state index in [0.717, 1.165) is 17.6 Å². The fourth-order valence-corrected chi connectivity index (χ4v) is 3.28. The van der Waals surface area contributed by atoms with Crippen molar-refractivity contribution in [1.29, 1.82) is 0 Å². The van der Waals surface area contributed by atoms with Crippen molar-refractivity contribution >= 4 is 11.0 Å². The van der Waals surface area contributed by atoms with Crippen LogP contribution in [0.25, 0.3) is 11.0 Å². The molecule has 1 aliphatic rings. The second-order valence-electron chi connectivity index (χ2n) is 7.11. The lowest BCUT2D eigenvalue weighted by Gasteiger charge is -2.31. The van der Waals surface area contributed by atoms with E-state index in [1.807, 2.05) is 48.0 Å². The summed E-state index contributed by atoms with van der Waals surface area (Å²) >= 11 is 0. The van der Waals surface area contributed by atoms with Gasteiger partial charge in [-0.1, -0.05) is 12.1 Å². The Morgan fingerprint density at radius 3 is 2.62 bits per heavy atom. The maximum absolute atomic E-state index is 13.2. The number of rotatable bonds is 2. The van der Waals surface area contributed by atoms with Gasteiger partial charge in [0.1, 0.15) is 5.82 Å². The highest BCUT2D eigenvalue weighted by atomic mass is 19.4. The first kappa shape index (κ1) is 21.3. The first-order valence-electron chi connectivity index (χ1n) is 9.29. The molecule has 156 valence electrons. The van der Waals surface area contributed by atoms with E-state index in [0.29, 0.717) is 37.9 Å². The number of aryl methyl sites for hydroxylation is 1. The molecule has 1 aliphatic heterocycles. The highest BCUT2D eigenvalue weighted by Gasteiger charge is 2.31. The summed E-state index contributed by atoms with van der Waals surface area (Å²) in [7, 11) is 2.00. The second kappa shape index (κ2) is 8.92. The molecule has 29 heavy (non-hydrogen) atoms. The average molecular weight is 409 g/mol. The highest BCUT2D eigenvalue weighted by Crippen LogP contribution is 2.30. The van der Waals surface area contributed by atoms with Crippen LogP contribution in [0.3, 0.4) is 0 Å². The van der Waals surface area contributed by atoms with Gasteiger partial charge in [0, 0.05) is 26.7 Å². The topological polar surface area (TPSA) is 30.3 Å². The number of ether oxygens (including phenoxy) is 1. The Balaban J connectivity index is 0.000000200. The van der Waals surface area contributed by atoms with Gasteiger partial charge in [0.2, 0.25) is 0 Å². The molecule has 4 nitrogen and oxygen atoms in total. The fraction of sp³-hybridized carbons (Fsp3) is 0.381. The molecule has 2 aromatic carbocycles. The van der Waals surface area contributed by atoms with Crippen molar-refractivity contribution in [2.24, 2.45) is 7.05 Å². The lowest BCUT2D eigenvalue weighted by molar-refractivity contribution is -0.137. The van der Waals surface area contributed by atoms with Crippen molar-refractivity contribution < 1.29 is 22.3 Å². The SMILES string of the molecule is CC1CN(Cc2cc(F)cc(C(F)(F)F)c2)CCO1.Cn1cnc2ccccc21. The van der Waals surface area contributed by atoms with Crippen molar-refractivity contribution in [3.05, 3.63) is 65.7 Å². The number of hydrogen-bond acceptors (Lipinski definition) is 3. The number of benzene rings is 2. The zero-order valence-corrected chi connectivity index (χ0v) is 16.3. The number of imidazole rings is 1. The third-order valence-electron chi connectivity index (χ3n) is 4.65. The standard InChI is InChI=1S/C13H15F4NO.C8H8N2/c1-9-7-18(2-3-19-9)8-10-4-11(13(15,16)17)6-12(14)5-10;1-10-6-9-7-4-2-3-5-8(7)10/h4-6,9H,2-3,7-8H2,1H3;2-6H,1H3. The molecule has 1 unspecified atom stereocenters. The van der Waals surface area contributed by atoms with Gasteiger partial charge in [0.05, 0.1) is 35.6 Å². The van der Waals surface area contributed by atoms with Crippen LogP contribution in [0.2, 0.25) is 0 Å². The molecule has 0 saturated carbocycles. The minimum Gasteiger partial charge on any atom is -0.376 e. The monoisotopic (exact) mass is 409 g/mol. The number of fused-ring (bicyclic) bond motifs is 1. The summed E-state index contributed by atoms with van der Waals surface area (Å²) in [5.41, 5.74) is 1.64. The number of nitrogens with zero attached hydrogens (tertiary/aromatic N) is 3. The zero-order valence-electron chi connectivity index (χ0n) is 16.3. The minimum absolute atomic E-state index is 0.0457. The molecule has 0 aliphatic carbocycles. The van der Waals surface area contributed by atoms with E-state index in [2.05, 4.69) is 11.1 Å². The molecule has 4 rings (SSSR count). The number of aromatic nitrogens is 2. The summed E-state index contributed by atoms with van der Waals surface area (Å²) in [6.07, 6.45) is -2.65. The van der Waals surface area contributed by atoms with E-state index >= 15 is 0 Å². The van der Waals surface area contributed by atoms with Crippen LogP contribution in [-0.4, -0.2) is 40.3 Å². The molecule has 0 bridgehead atoms. The molecule has 0 N–H and O–H groups in total. The third-order valence-corrected chi connectivity index (χ3v) is 4.65. The Bertz CT molecular complexity index is 954. The first-order chi connectivity index (χ1) is 13.7. The van der Waals surface area contributed by atoms with E-state index in [4.69, 9.17) is 4.74 Å². The summed E-state index contributed by atoms with van der Waals surface area (Å²) < 4.78 is 58.4. The molecule has 1 saturated heterocycles. The maximum atomic E-state index is 13.2. The van der Waals surface area contributed by atoms with Crippen LogP contribution < -0.4 is 0 Å². The van der Waals surface area contributed by atoms with Gasteiger partial charge in [-0.25, -0.2) is 9.37 Å². The predicted molar refractivity (Wildman–Crippen MR) is 103 cm³/mol. The molecule has 1 fully saturated rings. The van der Waals surface area contributed by atoms with Crippen LogP contribution in [0.5, 0.6) is 0 Å². The minimum atomic E-state index is -4.52. The van der Waals surface area contributed by atoms with Crippen LogP contribution in [0.1, 0.15) is 18.1 Å². The van der Waals surface area contributed by atoms with E-state index in [1.54, 1.807) is 0 Å². The van der Waals surface area contributed by atoms with Gasteiger partial charge in [-0.2, -0.15) is 13.2 Å². The van der Waals surface area contributed by atoms with Crippen LogP contribution >= 0.6 is 0 Å². The van der Waals surface area contributed by atoms with Crippen LogP contribution in [0, 0.1) is 5.82 Å². The zero-order chi connectivity index (χ0) is 21.0. The van der Waals surface area contributed by atoms with E-state index in [9.17, 15) is 17.6 Å². The lowest BCUT2D eigenvalue weighted by atomic mass is 10.1. The van der Waals surface area contributed by atoms with Gasteiger partial charge in [-0.3, -0.25) is 4.90 Å². The van der Waals surface area contributed by atoms with Crippen LogP contribution in [0.15, 0.2) is 48.8 Å². The van der Waals surface area contributed by atoms with Crippen LogP contribution in [0.4, 0.5) is 17.6 Å². The summed E-state index contributed by atoms with van der Waals surface area (Å²) in [5.74, 6) is -0.855. The van der Waals surface area contributed by atoms with Gasteiger partial charge >= 0.3 is 6.18 Å². The predicted octanol–water partition coefficient (Wildman–Crippen LogP) is 4.64. The molecule has 0 radical (unpaired) electrons. The normalized spacial score (nSPS) is 17.8. The number of para-hydroxylation sites is 2. The smallest absolute Gasteiger partial charge is 0.376 e. The molecule has 8 heteroatoms. The van der Waals surface area contributed by atoms with Crippen molar-refractivity contribution in [3.63, 3.8) is 0 Å². The summed E-state index contributed by atoms with van der Waals surface area (Å²) in [4.78, 5) is 6.14. The molecule has 3 aromatic rings. The van der Waals surface area contributed by atoms with Crippen molar-refractivity contribution in [2.45, 2.75) is 25.7 Å². The first-order valence-corrected chi connectivity index (χ1v) is 9.29. The van der Waals surface area contributed by atoms with Crippen molar-refractivity contribution in [1.82, 2.24) is 14.5 Å². The summed E-state index contributed by atoms with van der Waals surface area (Å²) in [6.45, 7) is 4.02. The van der Waals surface area contributed by atoms with Crippen LogP contribution in [-0.2, 0) is 24.5 Å². The molecule has 1 atom stereocenters. The van der Waals surface area contributed by atoms with E-state index < -0.39 is 17.6 Å². The molecule has 1 aromatic heterocycles. The average Bonchev–Trinajstić information content (AvgIpc) is 3.03. The quantitative estimate of drug-likeness (QED) is 0.578. The number of hydrogen-bond donors (Lipinski definition) is 0. The van der Waals surface area contributed by atoms with Crippen molar-refractivity contribution in [2.75, 3.05) is 19.7 Å². The third kappa shape index (κ3) is 5.77. The second-order valence-corrected chi connectivity index (χ2v) is 7.11. The molecule has 2 heterocycles. The molecule has 0 amide bonds. The van der Waals surface area contributed by atoms with Gasteiger partial charge in [0.15, 0.2) is 0 Å². The van der Waals surface area contributed by atoms with Crippen molar-refractivity contribution in [3.8, 4) is 0 Å². The Hall–Kier alpha value is -2.45. The highest BCUT2D eigenvalue weighted by molar-refractivity contribution is 5.74. The van der Waals surface area contributed by atoms with E-state index in [-0.39, 0.29) is 6.10 Å². The number of morpholine rings is 1. The Morgan fingerprint density at radius 1 is 1.17 bits per heavy atom. The fourth-order valence-electron chi connectivity index (χ4n) is 3.28. The molecular formula is C21H23F4N3O. The Morgan fingerprint density at radius 2 is 1.93 bits per heavy atom. The summed E-state index contributed by atoms with van der Waals surface area (Å²) in [5, 5.41) is 0. The maximum Gasteiger partial charge on any atom is 0.416 e. The largest absolute Gasteiger partial charge is 0.416 e. The number of alkyl halides is 3. The molecular weight excluding hydrogens is 386 g/mol. The van der Waals surface area contributed by atoms with Gasteiger partial charge in [-0.15, -0.1) is 0 Å². The van der Waals surface area contributed by atoms with E-state index in [1.165, 1.54) is 5.52 Å². The van der Waals surface area contributed by atoms with Gasteiger partial charge in [0.25, 0.3) is 0 Å².